The van der Waals surface area contributed by atoms with Crippen molar-refractivity contribution in [2.45, 2.75) is 26.2 Å². The molecule has 0 fully saturated rings. The molecular formula is C19H18N2. The van der Waals surface area contributed by atoms with Gasteiger partial charge in [-0.05, 0) is 47.7 Å². The molecule has 2 aromatic rings. The Balaban J connectivity index is 2.37. The minimum absolute atomic E-state index is 0.297. The van der Waals surface area contributed by atoms with Crippen LogP contribution >= 0.6 is 0 Å². The van der Waals surface area contributed by atoms with Crippen molar-refractivity contribution in [2.24, 2.45) is 5.92 Å². The van der Waals surface area contributed by atoms with Crippen LogP contribution in [0.5, 0.6) is 0 Å². The van der Waals surface area contributed by atoms with E-state index in [0.717, 1.165) is 6.42 Å². The van der Waals surface area contributed by atoms with Gasteiger partial charge in [0.15, 0.2) is 0 Å². The number of hydrogen-bond acceptors (Lipinski definition) is 2. The first-order chi connectivity index (χ1) is 10.1. The van der Waals surface area contributed by atoms with Crippen LogP contribution in [0.3, 0.4) is 0 Å². The third-order valence-corrected chi connectivity index (χ3v) is 3.59. The van der Waals surface area contributed by atoms with Gasteiger partial charge in [-0.3, -0.25) is 0 Å². The summed E-state index contributed by atoms with van der Waals surface area (Å²) in [7, 11) is 0. The molecular weight excluding hydrogens is 256 g/mol. The van der Waals surface area contributed by atoms with Crippen molar-refractivity contribution in [1.82, 2.24) is 0 Å². The molecule has 0 amide bonds. The standard InChI is InChI=1S/C19H18N2/c1-14(2)11-19(17-7-3-15(12-20)4-8-17)18-9-5-16(13-21)6-10-18/h3-10,14,19H,11H2,1-2H3. The van der Waals surface area contributed by atoms with Gasteiger partial charge in [-0.25, -0.2) is 0 Å². The van der Waals surface area contributed by atoms with Gasteiger partial charge < -0.3 is 0 Å². The lowest BCUT2D eigenvalue weighted by Gasteiger charge is -2.20. The highest BCUT2D eigenvalue weighted by Gasteiger charge is 2.16. The van der Waals surface area contributed by atoms with Crippen LogP contribution in [0.2, 0.25) is 0 Å². The number of benzene rings is 2. The quantitative estimate of drug-likeness (QED) is 0.817. The van der Waals surface area contributed by atoms with Gasteiger partial charge >= 0.3 is 0 Å². The summed E-state index contributed by atoms with van der Waals surface area (Å²) < 4.78 is 0. The fraction of sp³-hybridized carbons (Fsp3) is 0.263. The van der Waals surface area contributed by atoms with Crippen molar-refractivity contribution in [3.63, 3.8) is 0 Å². The maximum absolute atomic E-state index is 8.91. The van der Waals surface area contributed by atoms with Crippen LogP contribution in [0.25, 0.3) is 0 Å². The van der Waals surface area contributed by atoms with Gasteiger partial charge in [0.05, 0.1) is 23.3 Å². The number of hydrogen-bond donors (Lipinski definition) is 0. The third kappa shape index (κ3) is 3.71. The second-order valence-corrected chi connectivity index (χ2v) is 5.65. The van der Waals surface area contributed by atoms with Gasteiger partial charge in [-0.2, -0.15) is 10.5 Å². The number of nitrogens with zero attached hydrogens (tertiary/aromatic N) is 2. The predicted octanol–water partition coefficient (Wildman–Crippen LogP) is 4.61. The first-order valence-electron chi connectivity index (χ1n) is 7.14. The van der Waals surface area contributed by atoms with E-state index in [0.29, 0.717) is 23.0 Å². The molecule has 0 aromatic heterocycles. The Kier molecular flexibility index (Phi) is 4.75. The van der Waals surface area contributed by atoms with E-state index in [1.54, 1.807) is 0 Å². The van der Waals surface area contributed by atoms with Gasteiger partial charge in [0.25, 0.3) is 0 Å². The van der Waals surface area contributed by atoms with E-state index in [4.69, 9.17) is 10.5 Å². The normalized spacial score (nSPS) is 10.4. The molecule has 0 spiro atoms. The SMILES string of the molecule is CC(C)CC(c1ccc(C#N)cc1)c1ccc(C#N)cc1. The average molecular weight is 274 g/mol. The largest absolute Gasteiger partial charge is 0.192 e. The number of rotatable bonds is 4. The summed E-state index contributed by atoms with van der Waals surface area (Å²) in [5, 5.41) is 17.8. The molecule has 0 atom stereocenters. The van der Waals surface area contributed by atoms with Crippen LogP contribution in [0, 0.1) is 28.6 Å². The molecule has 2 nitrogen and oxygen atoms in total. The molecule has 2 heteroatoms. The van der Waals surface area contributed by atoms with Crippen molar-refractivity contribution >= 4 is 0 Å². The summed E-state index contributed by atoms with van der Waals surface area (Å²) >= 11 is 0. The molecule has 0 saturated carbocycles. The molecule has 0 radical (unpaired) electrons. The maximum atomic E-state index is 8.91. The molecule has 0 bridgehead atoms. The summed E-state index contributed by atoms with van der Waals surface area (Å²) in [6, 6.07) is 19.9. The smallest absolute Gasteiger partial charge is 0.0991 e. The zero-order valence-corrected chi connectivity index (χ0v) is 12.4. The molecule has 0 aliphatic heterocycles. The monoisotopic (exact) mass is 274 g/mol. The zero-order chi connectivity index (χ0) is 15.2. The molecule has 2 aromatic carbocycles. The molecule has 0 heterocycles. The maximum Gasteiger partial charge on any atom is 0.0991 e. The van der Waals surface area contributed by atoms with E-state index in [1.165, 1.54) is 11.1 Å². The molecule has 0 aliphatic rings. The molecule has 0 aliphatic carbocycles. The minimum atomic E-state index is 0.297. The summed E-state index contributed by atoms with van der Waals surface area (Å²) in [5.74, 6) is 0.867. The predicted molar refractivity (Wildman–Crippen MR) is 83.6 cm³/mol. The van der Waals surface area contributed by atoms with Crippen LogP contribution in [0.4, 0.5) is 0 Å². The fourth-order valence-electron chi connectivity index (χ4n) is 2.52. The van der Waals surface area contributed by atoms with Gasteiger partial charge in [0.2, 0.25) is 0 Å². The topological polar surface area (TPSA) is 47.6 Å². The third-order valence-electron chi connectivity index (χ3n) is 3.59. The van der Waals surface area contributed by atoms with E-state index in [-0.39, 0.29) is 0 Å². The zero-order valence-electron chi connectivity index (χ0n) is 12.4. The molecule has 21 heavy (non-hydrogen) atoms. The van der Waals surface area contributed by atoms with Crippen molar-refractivity contribution < 1.29 is 0 Å². The van der Waals surface area contributed by atoms with Crippen molar-refractivity contribution in [3.8, 4) is 12.1 Å². The van der Waals surface area contributed by atoms with Crippen molar-refractivity contribution in [1.29, 1.82) is 10.5 Å². The van der Waals surface area contributed by atoms with Gasteiger partial charge in [0, 0.05) is 5.92 Å². The van der Waals surface area contributed by atoms with E-state index in [9.17, 15) is 0 Å². The van der Waals surface area contributed by atoms with E-state index < -0.39 is 0 Å². The molecule has 0 unspecified atom stereocenters. The van der Waals surface area contributed by atoms with E-state index in [1.807, 2.05) is 48.5 Å². The van der Waals surface area contributed by atoms with Crippen LogP contribution in [-0.4, -0.2) is 0 Å². The van der Waals surface area contributed by atoms with E-state index in [2.05, 4.69) is 26.0 Å². The van der Waals surface area contributed by atoms with Crippen LogP contribution in [-0.2, 0) is 0 Å². The van der Waals surface area contributed by atoms with Crippen molar-refractivity contribution in [2.75, 3.05) is 0 Å². The molecule has 0 saturated heterocycles. The van der Waals surface area contributed by atoms with Crippen LogP contribution < -0.4 is 0 Å². The van der Waals surface area contributed by atoms with Crippen LogP contribution in [0.1, 0.15) is 48.4 Å². The fourth-order valence-corrected chi connectivity index (χ4v) is 2.52. The van der Waals surface area contributed by atoms with E-state index >= 15 is 0 Å². The first kappa shape index (κ1) is 14.8. The Labute approximate surface area is 126 Å². The Morgan fingerprint density at radius 3 is 1.43 bits per heavy atom. The highest BCUT2D eigenvalue weighted by molar-refractivity contribution is 5.40. The molecule has 104 valence electrons. The Bertz CT molecular complexity index is 610. The highest BCUT2D eigenvalue weighted by atomic mass is 14.2. The minimum Gasteiger partial charge on any atom is -0.192 e. The Hall–Kier alpha value is -2.58. The summed E-state index contributed by atoms with van der Waals surface area (Å²) in [5.41, 5.74) is 3.79. The lowest BCUT2D eigenvalue weighted by Crippen LogP contribution is -2.05. The van der Waals surface area contributed by atoms with Gasteiger partial charge in [-0.1, -0.05) is 38.1 Å². The molecule has 0 N–H and O–H groups in total. The lowest BCUT2D eigenvalue weighted by atomic mass is 9.84. The second kappa shape index (κ2) is 6.73. The average Bonchev–Trinajstić information content (AvgIpc) is 2.53. The highest BCUT2D eigenvalue weighted by Crippen LogP contribution is 2.31. The second-order valence-electron chi connectivity index (χ2n) is 5.65. The summed E-state index contributed by atoms with van der Waals surface area (Å²) in [6.07, 6.45) is 1.04. The molecule has 2 rings (SSSR count). The Morgan fingerprint density at radius 1 is 0.762 bits per heavy atom. The summed E-state index contributed by atoms with van der Waals surface area (Å²) in [6.45, 7) is 4.42. The first-order valence-corrected chi connectivity index (χ1v) is 7.14. The van der Waals surface area contributed by atoms with Crippen molar-refractivity contribution in [3.05, 3.63) is 70.8 Å². The summed E-state index contributed by atoms with van der Waals surface area (Å²) in [4.78, 5) is 0. The van der Waals surface area contributed by atoms with Gasteiger partial charge in [0.1, 0.15) is 0 Å². The van der Waals surface area contributed by atoms with Gasteiger partial charge in [-0.15, -0.1) is 0 Å². The lowest BCUT2D eigenvalue weighted by molar-refractivity contribution is 0.541. The Morgan fingerprint density at radius 2 is 1.14 bits per heavy atom. The van der Waals surface area contributed by atoms with Crippen LogP contribution in [0.15, 0.2) is 48.5 Å². The number of nitriles is 2.